The molecule has 2 aromatic carbocycles. The van der Waals surface area contributed by atoms with Gasteiger partial charge in [-0.15, -0.1) is 10.2 Å². The molecule has 0 aliphatic heterocycles. The number of alkyl halides is 3. The highest BCUT2D eigenvalue weighted by Crippen LogP contribution is 2.30. The number of aromatic nitrogens is 2. The SMILES string of the molecule is CCOC(=O)[C@H](C)NC(=O)c1ccc(NCC(C)Cc2ccc(-c3nnc(C(F)(F)F)o3)cc2)cc1. The summed E-state index contributed by atoms with van der Waals surface area (Å²) in [4.78, 5) is 24.0. The van der Waals surface area contributed by atoms with E-state index in [9.17, 15) is 22.8 Å². The molecule has 3 rings (SSSR count). The van der Waals surface area contributed by atoms with Crippen LogP contribution >= 0.6 is 0 Å². The third-order valence-corrected chi connectivity index (χ3v) is 5.24. The number of carbonyl (C=O) groups is 2. The summed E-state index contributed by atoms with van der Waals surface area (Å²) in [5.74, 6) is -2.17. The van der Waals surface area contributed by atoms with Crippen molar-refractivity contribution in [3.63, 3.8) is 0 Å². The number of rotatable bonds is 10. The summed E-state index contributed by atoms with van der Waals surface area (Å²) in [7, 11) is 0. The Bertz CT molecular complexity index is 1160. The molecule has 0 aliphatic rings. The van der Waals surface area contributed by atoms with E-state index in [0.29, 0.717) is 17.7 Å². The summed E-state index contributed by atoms with van der Waals surface area (Å²) in [5, 5.41) is 12.4. The van der Waals surface area contributed by atoms with Crippen LogP contribution in [-0.4, -0.2) is 41.3 Å². The molecule has 1 amide bonds. The maximum Gasteiger partial charge on any atom is 0.470 e. The van der Waals surface area contributed by atoms with Gasteiger partial charge in [0.05, 0.1) is 6.61 Å². The number of anilines is 1. The number of benzene rings is 2. The number of nitrogens with zero attached hydrogens (tertiary/aromatic N) is 2. The molecule has 0 spiro atoms. The maximum atomic E-state index is 12.6. The lowest BCUT2D eigenvalue weighted by Gasteiger charge is -2.15. The summed E-state index contributed by atoms with van der Waals surface area (Å²) in [6.07, 6.45) is -3.94. The fourth-order valence-electron chi connectivity index (χ4n) is 3.35. The molecule has 36 heavy (non-hydrogen) atoms. The standard InChI is InChI=1S/C25H27F3N4O4/c1-4-35-23(34)16(3)30-21(33)18-9-11-20(12-10-18)29-14-15(2)13-17-5-7-19(8-6-17)22-31-32-24(36-22)25(26,27)28/h5-12,15-16,29H,4,13-14H2,1-3H3,(H,30,33)/t15?,16-/m0/s1. The predicted molar refractivity (Wildman–Crippen MR) is 126 cm³/mol. The Labute approximate surface area is 206 Å². The van der Waals surface area contributed by atoms with Gasteiger partial charge in [-0.2, -0.15) is 13.2 Å². The molecule has 3 aromatic rings. The molecule has 1 unspecified atom stereocenters. The fraction of sp³-hybridized carbons (Fsp3) is 0.360. The third kappa shape index (κ3) is 7.30. The Balaban J connectivity index is 1.48. The summed E-state index contributed by atoms with van der Waals surface area (Å²) >= 11 is 0. The van der Waals surface area contributed by atoms with Gasteiger partial charge < -0.3 is 19.8 Å². The molecule has 0 saturated heterocycles. The summed E-state index contributed by atoms with van der Waals surface area (Å²) in [5.41, 5.74) is 2.68. The lowest BCUT2D eigenvalue weighted by Crippen LogP contribution is -2.39. The molecular weight excluding hydrogens is 477 g/mol. The number of halogens is 3. The van der Waals surface area contributed by atoms with Crippen LogP contribution in [0, 0.1) is 5.92 Å². The smallest absolute Gasteiger partial charge is 0.464 e. The van der Waals surface area contributed by atoms with Gasteiger partial charge in [0.2, 0.25) is 5.89 Å². The van der Waals surface area contributed by atoms with Crippen LogP contribution < -0.4 is 10.6 Å². The first kappa shape index (κ1) is 26.7. The molecule has 2 N–H and O–H groups in total. The predicted octanol–water partition coefficient (Wildman–Crippen LogP) is 4.73. The average Bonchev–Trinajstić information content (AvgIpc) is 3.35. The van der Waals surface area contributed by atoms with Crippen LogP contribution in [-0.2, 0) is 22.1 Å². The van der Waals surface area contributed by atoms with E-state index >= 15 is 0 Å². The molecule has 8 nitrogen and oxygen atoms in total. The van der Waals surface area contributed by atoms with Gasteiger partial charge in [-0.3, -0.25) is 4.79 Å². The molecule has 0 saturated carbocycles. The number of esters is 1. The molecule has 11 heteroatoms. The molecule has 0 bridgehead atoms. The van der Waals surface area contributed by atoms with Crippen LogP contribution in [0.4, 0.5) is 18.9 Å². The Morgan fingerprint density at radius 2 is 1.69 bits per heavy atom. The highest BCUT2D eigenvalue weighted by molar-refractivity contribution is 5.96. The second-order valence-corrected chi connectivity index (χ2v) is 8.32. The van der Waals surface area contributed by atoms with E-state index in [1.54, 1.807) is 50.2 Å². The maximum absolute atomic E-state index is 12.6. The topological polar surface area (TPSA) is 106 Å². The van der Waals surface area contributed by atoms with Crippen molar-refractivity contribution in [3.8, 4) is 11.5 Å². The van der Waals surface area contributed by atoms with Crippen LogP contribution in [0.25, 0.3) is 11.5 Å². The number of amides is 1. The molecule has 192 valence electrons. The van der Waals surface area contributed by atoms with Crippen molar-refractivity contribution in [2.75, 3.05) is 18.5 Å². The van der Waals surface area contributed by atoms with Gasteiger partial charge in [0.1, 0.15) is 6.04 Å². The molecular formula is C25H27F3N4O4. The van der Waals surface area contributed by atoms with E-state index in [-0.39, 0.29) is 24.3 Å². The number of hydrogen-bond acceptors (Lipinski definition) is 7. The van der Waals surface area contributed by atoms with Gasteiger partial charge in [-0.25, -0.2) is 4.79 Å². The van der Waals surface area contributed by atoms with Crippen molar-refractivity contribution in [1.29, 1.82) is 0 Å². The first-order valence-corrected chi connectivity index (χ1v) is 11.4. The molecule has 0 fully saturated rings. The van der Waals surface area contributed by atoms with Gasteiger partial charge in [0.15, 0.2) is 0 Å². The van der Waals surface area contributed by atoms with Gasteiger partial charge >= 0.3 is 18.0 Å². The van der Waals surface area contributed by atoms with Crippen molar-refractivity contribution in [2.24, 2.45) is 5.92 Å². The monoisotopic (exact) mass is 504 g/mol. The van der Waals surface area contributed by atoms with Crippen molar-refractivity contribution < 1.29 is 31.9 Å². The molecule has 0 aliphatic carbocycles. The van der Waals surface area contributed by atoms with Gasteiger partial charge in [0, 0.05) is 23.4 Å². The van der Waals surface area contributed by atoms with Crippen molar-refractivity contribution in [3.05, 3.63) is 65.5 Å². The third-order valence-electron chi connectivity index (χ3n) is 5.24. The lowest BCUT2D eigenvalue weighted by atomic mass is 10.00. The van der Waals surface area contributed by atoms with Gasteiger partial charge in [-0.05, 0) is 68.1 Å². The average molecular weight is 505 g/mol. The second kappa shape index (κ2) is 11.7. The molecule has 0 radical (unpaired) electrons. The minimum absolute atomic E-state index is 0.184. The zero-order valence-corrected chi connectivity index (χ0v) is 20.1. The van der Waals surface area contributed by atoms with Gasteiger partial charge in [-0.1, -0.05) is 19.1 Å². The van der Waals surface area contributed by atoms with E-state index in [4.69, 9.17) is 9.15 Å². The summed E-state index contributed by atoms with van der Waals surface area (Å²) in [6, 6.07) is 13.1. The Kier molecular flexibility index (Phi) is 8.68. The van der Waals surface area contributed by atoms with Gasteiger partial charge in [0.25, 0.3) is 5.91 Å². The minimum Gasteiger partial charge on any atom is -0.464 e. The zero-order chi connectivity index (χ0) is 26.3. The zero-order valence-electron chi connectivity index (χ0n) is 20.1. The largest absolute Gasteiger partial charge is 0.470 e. The van der Waals surface area contributed by atoms with Crippen LogP contribution in [0.5, 0.6) is 0 Å². The fourth-order valence-corrected chi connectivity index (χ4v) is 3.35. The van der Waals surface area contributed by atoms with Crippen LogP contribution in [0.2, 0.25) is 0 Å². The number of hydrogen-bond donors (Lipinski definition) is 2. The molecule has 1 heterocycles. The number of nitrogens with one attached hydrogen (secondary N) is 2. The summed E-state index contributed by atoms with van der Waals surface area (Å²) < 4.78 is 47.5. The van der Waals surface area contributed by atoms with Crippen molar-refractivity contribution >= 4 is 17.6 Å². The summed E-state index contributed by atoms with van der Waals surface area (Å²) in [6.45, 7) is 6.23. The van der Waals surface area contributed by atoms with E-state index < -0.39 is 24.1 Å². The first-order chi connectivity index (χ1) is 17.1. The normalized spacial score (nSPS) is 13.1. The van der Waals surface area contributed by atoms with E-state index in [2.05, 4.69) is 27.8 Å². The van der Waals surface area contributed by atoms with Crippen LogP contribution in [0.15, 0.2) is 52.9 Å². The van der Waals surface area contributed by atoms with E-state index in [1.165, 1.54) is 0 Å². The Hall–Kier alpha value is -3.89. The Morgan fingerprint density at radius 3 is 2.28 bits per heavy atom. The lowest BCUT2D eigenvalue weighted by molar-refractivity contribution is -0.157. The quantitative estimate of drug-likeness (QED) is 0.385. The van der Waals surface area contributed by atoms with Crippen molar-refractivity contribution in [1.82, 2.24) is 15.5 Å². The highest BCUT2D eigenvalue weighted by atomic mass is 19.4. The van der Waals surface area contributed by atoms with Crippen LogP contribution in [0.1, 0.15) is 42.6 Å². The van der Waals surface area contributed by atoms with Crippen molar-refractivity contribution in [2.45, 2.75) is 39.4 Å². The first-order valence-electron chi connectivity index (χ1n) is 11.4. The molecule has 2 atom stereocenters. The molecule has 1 aromatic heterocycles. The highest BCUT2D eigenvalue weighted by Gasteiger charge is 2.38. The minimum atomic E-state index is -4.68. The second-order valence-electron chi connectivity index (χ2n) is 8.32. The number of ether oxygens (including phenoxy) is 1. The van der Waals surface area contributed by atoms with E-state index in [1.807, 2.05) is 12.1 Å². The number of carbonyl (C=O) groups excluding carboxylic acids is 2. The van der Waals surface area contributed by atoms with Crippen LogP contribution in [0.3, 0.4) is 0 Å². The van der Waals surface area contributed by atoms with E-state index in [0.717, 1.165) is 17.7 Å². The Morgan fingerprint density at radius 1 is 1.03 bits per heavy atom.